The minimum Gasteiger partial charge on any atom is -0.491 e. The van der Waals surface area contributed by atoms with Crippen molar-refractivity contribution in [2.75, 3.05) is 18.5 Å². The molecule has 0 aliphatic carbocycles. The van der Waals surface area contributed by atoms with Crippen LogP contribution < -0.4 is 15.7 Å². The second-order valence-corrected chi connectivity index (χ2v) is 7.12. The Balaban J connectivity index is 1.45. The number of rotatable bonds is 7. The number of amides is 1. The van der Waals surface area contributed by atoms with Gasteiger partial charge in [-0.25, -0.2) is 4.79 Å². The highest BCUT2D eigenvalue weighted by molar-refractivity contribution is 5.91. The molecule has 7 heteroatoms. The van der Waals surface area contributed by atoms with Crippen LogP contribution in [0.25, 0.3) is 11.0 Å². The Hall–Kier alpha value is -3.06. The van der Waals surface area contributed by atoms with Gasteiger partial charge >= 0.3 is 5.69 Å². The first-order chi connectivity index (χ1) is 14.2. The Bertz CT molecular complexity index is 1060. The lowest BCUT2D eigenvalue weighted by Crippen LogP contribution is -2.29. The van der Waals surface area contributed by atoms with Gasteiger partial charge in [-0.2, -0.15) is 0 Å². The third-order valence-electron chi connectivity index (χ3n) is 5.12. The largest absolute Gasteiger partial charge is 0.491 e. The van der Waals surface area contributed by atoms with E-state index in [-0.39, 0.29) is 24.2 Å². The third-order valence-corrected chi connectivity index (χ3v) is 5.12. The number of benzene rings is 2. The van der Waals surface area contributed by atoms with E-state index in [9.17, 15) is 9.59 Å². The highest BCUT2D eigenvalue weighted by atomic mass is 16.5. The predicted molar refractivity (Wildman–Crippen MR) is 111 cm³/mol. The number of carbonyl (C=O) groups excluding carboxylic acids is 1. The summed E-state index contributed by atoms with van der Waals surface area (Å²) in [7, 11) is 0. The molecule has 0 saturated carbocycles. The number of fused-ring (bicyclic) bond motifs is 1. The third kappa shape index (κ3) is 4.19. The Morgan fingerprint density at radius 3 is 2.69 bits per heavy atom. The van der Waals surface area contributed by atoms with Crippen LogP contribution in [0.3, 0.4) is 0 Å². The summed E-state index contributed by atoms with van der Waals surface area (Å²) in [6.45, 7) is 3.72. The van der Waals surface area contributed by atoms with E-state index in [1.807, 2.05) is 43.3 Å². The fourth-order valence-electron chi connectivity index (χ4n) is 3.70. The number of hydrogen-bond acceptors (Lipinski definition) is 4. The molecule has 0 spiro atoms. The topological polar surface area (TPSA) is 74.5 Å². The molecule has 4 rings (SSSR count). The summed E-state index contributed by atoms with van der Waals surface area (Å²) in [4.78, 5) is 25.3. The van der Waals surface area contributed by atoms with Crippen LogP contribution in [-0.2, 0) is 22.6 Å². The first-order valence-corrected chi connectivity index (χ1v) is 9.98. The smallest absolute Gasteiger partial charge is 0.329 e. The molecule has 1 saturated heterocycles. The summed E-state index contributed by atoms with van der Waals surface area (Å²) in [5.41, 5.74) is 2.03. The zero-order chi connectivity index (χ0) is 20.2. The molecule has 152 valence electrons. The fourth-order valence-corrected chi connectivity index (χ4v) is 3.70. The number of ether oxygens (including phenoxy) is 2. The maximum atomic E-state index is 12.7. The molecule has 1 unspecified atom stereocenters. The van der Waals surface area contributed by atoms with Gasteiger partial charge in [0.05, 0.1) is 17.1 Å². The summed E-state index contributed by atoms with van der Waals surface area (Å²) in [6.07, 6.45) is 2.21. The van der Waals surface area contributed by atoms with Crippen molar-refractivity contribution in [2.45, 2.75) is 39.0 Å². The summed E-state index contributed by atoms with van der Waals surface area (Å²) in [6, 6.07) is 14.8. The summed E-state index contributed by atoms with van der Waals surface area (Å²) in [5.74, 6) is 0.417. The van der Waals surface area contributed by atoms with Crippen molar-refractivity contribution in [3.8, 4) is 5.75 Å². The van der Waals surface area contributed by atoms with Gasteiger partial charge in [-0.3, -0.25) is 13.9 Å². The van der Waals surface area contributed by atoms with Crippen molar-refractivity contribution >= 4 is 22.6 Å². The molecule has 1 N–H and O–H groups in total. The number of para-hydroxylation sites is 2. The van der Waals surface area contributed by atoms with Crippen LogP contribution in [0.1, 0.15) is 19.8 Å². The molecule has 2 heterocycles. The molecule has 0 bridgehead atoms. The Morgan fingerprint density at radius 1 is 1.17 bits per heavy atom. The van der Waals surface area contributed by atoms with Gasteiger partial charge in [0.1, 0.15) is 18.9 Å². The maximum Gasteiger partial charge on any atom is 0.329 e. The van der Waals surface area contributed by atoms with Crippen LogP contribution in [-0.4, -0.2) is 34.4 Å². The Morgan fingerprint density at radius 2 is 1.97 bits per heavy atom. The average molecular weight is 395 g/mol. The molecule has 3 aromatic rings. The van der Waals surface area contributed by atoms with E-state index in [4.69, 9.17) is 9.47 Å². The van der Waals surface area contributed by atoms with Crippen LogP contribution in [0.15, 0.2) is 53.3 Å². The van der Waals surface area contributed by atoms with E-state index in [0.29, 0.717) is 24.6 Å². The quantitative estimate of drug-likeness (QED) is 0.667. The summed E-state index contributed by atoms with van der Waals surface area (Å²) in [5, 5.41) is 2.86. The maximum absolute atomic E-state index is 12.7. The number of nitrogens with one attached hydrogen (secondary N) is 1. The van der Waals surface area contributed by atoms with Crippen molar-refractivity contribution in [2.24, 2.45) is 0 Å². The minimum atomic E-state index is -0.262. The lowest BCUT2D eigenvalue weighted by molar-refractivity contribution is -0.116. The van der Waals surface area contributed by atoms with Crippen molar-refractivity contribution in [1.29, 1.82) is 0 Å². The summed E-state index contributed by atoms with van der Waals surface area (Å²) >= 11 is 0. The molecule has 29 heavy (non-hydrogen) atoms. The van der Waals surface area contributed by atoms with Gasteiger partial charge < -0.3 is 14.8 Å². The highest BCUT2D eigenvalue weighted by Gasteiger charge is 2.17. The zero-order valence-corrected chi connectivity index (χ0v) is 16.5. The molecule has 7 nitrogen and oxygen atoms in total. The molecule has 1 aliphatic heterocycles. The number of imidazole rings is 1. The van der Waals surface area contributed by atoms with E-state index in [0.717, 1.165) is 30.5 Å². The van der Waals surface area contributed by atoms with Gasteiger partial charge in [-0.15, -0.1) is 0 Å². The van der Waals surface area contributed by atoms with Crippen LogP contribution in [0.2, 0.25) is 0 Å². The van der Waals surface area contributed by atoms with E-state index >= 15 is 0 Å². The second-order valence-electron chi connectivity index (χ2n) is 7.12. The lowest BCUT2D eigenvalue weighted by Gasteiger charge is -2.12. The van der Waals surface area contributed by atoms with Crippen molar-refractivity contribution < 1.29 is 14.3 Å². The van der Waals surface area contributed by atoms with Gasteiger partial charge in [0.25, 0.3) is 0 Å². The van der Waals surface area contributed by atoms with Crippen molar-refractivity contribution in [3.05, 3.63) is 59.0 Å². The SMILES string of the molecule is CCn1c(=O)n(CC(=O)Nc2cccc(OCC3CCCO3)c2)c2ccccc21. The molecule has 0 radical (unpaired) electrons. The number of hydrogen-bond donors (Lipinski definition) is 1. The molecule has 1 atom stereocenters. The number of nitrogens with zero attached hydrogens (tertiary/aromatic N) is 2. The average Bonchev–Trinajstić information content (AvgIpc) is 3.34. The van der Waals surface area contributed by atoms with Gasteiger partial charge in [0.15, 0.2) is 0 Å². The van der Waals surface area contributed by atoms with E-state index in [1.54, 1.807) is 16.7 Å². The molecule has 1 aromatic heterocycles. The van der Waals surface area contributed by atoms with Crippen LogP contribution in [0.5, 0.6) is 5.75 Å². The van der Waals surface area contributed by atoms with E-state index in [1.165, 1.54) is 4.57 Å². The molecule has 2 aromatic carbocycles. The highest BCUT2D eigenvalue weighted by Crippen LogP contribution is 2.20. The van der Waals surface area contributed by atoms with Gasteiger partial charge in [-0.05, 0) is 44.0 Å². The lowest BCUT2D eigenvalue weighted by atomic mass is 10.2. The molecule has 1 amide bonds. The van der Waals surface area contributed by atoms with Gasteiger partial charge in [0, 0.05) is 24.9 Å². The Labute approximate surface area is 168 Å². The number of carbonyl (C=O) groups is 1. The molecular weight excluding hydrogens is 370 g/mol. The first-order valence-electron chi connectivity index (χ1n) is 9.98. The fraction of sp³-hybridized carbons (Fsp3) is 0.364. The number of aryl methyl sites for hydroxylation is 1. The van der Waals surface area contributed by atoms with Crippen LogP contribution in [0.4, 0.5) is 5.69 Å². The van der Waals surface area contributed by atoms with Gasteiger partial charge in [0.2, 0.25) is 5.91 Å². The summed E-state index contributed by atoms with van der Waals surface area (Å²) < 4.78 is 14.5. The normalized spacial score (nSPS) is 16.2. The minimum absolute atomic E-state index is 0.0483. The molecule has 1 aliphatic rings. The van der Waals surface area contributed by atoms with Crippen molar-refractivity contribution in [3.63, 3.8) is 0 Å². The van der Waals surface area contributed by atoms with Gasteiger partial charge in [-0.1, -0.05) is 18.2 Å². The van der Waals surface area contributed by atoms with E-state index in [2.05, 4.69) is 5.32 Å². The first kappa shape index (κ1) is 19.3. The Kier molecular flexibility index (Phi) is 5.67. The van der Waals surface area contributed by atoms with Crippen molar-refractivity contribution in [1.82, 2.24) is 9.13 Å². The predicted octanol–water partition coefficient (Wildman–Crippen LogP) is 3.02. The van der Waals surface area contributed by atoms with Crippen LogP contribution in [0, 0.1) is 0 Å². The number of anilines is 1. The molecular formula is C22H25N3O4. The van der Waals surface area contributed by atoms with E-state index < -0.39 is 0 Å². The molecule has 1 fully saturated rings. The monoisotopic (exact) mass is 395 g/mol. The number of aromatic nitrogens is 2. The zero-order valence-electron chi connectivity index (χ0n) is 16.5. The second kappa shape index (κ2) is 8.53. The van der Waals surface area contributed by atoms with Crippen LogP contribution >= 0.6 is 0 Å². The standard InChI is InChI=1S/C22H25N3O4/c1-2-24-19-10-3-4-11-20(19)25(22(24)27)14-21(26)23-16-7-5-8-17(13-16)29-15-18-9-6-12-28-18/h3-5,7-8,10-11,13,18H,2,6,9,12,14-15H2,1H3,(H,23,26).